The molecule has 1 aliphatic heterocycles. The fourth-order valence-electron chi connectivity index (χ4n) is 2.65. The number of carbonyl (C=O) groups excluding carboxylic acids is 1. The summed E-state index contributed by atoms with van der Waals surface area (Å²) < 4.78 is 0. The summed E-state index contributed by atoms with van der Waals surface area (Å²) in [5.41, 5.74) is 1.60. The summed E-state index contributed by atoms with van der Waals surface area (Å²) in [6.45, 7) is 5.92. The van der Waals surface area contributed by atoms with Crippen LogP contribution in [0.25, 0.3) is 0 Å². The molecular weight excluding hydrogens is 252 g/mol. The van der Waals surface area contributed by atoms with Crippen LogP contribution in [0.3, 0.4) is 0 Å². The molecule has 0 aliphatic carbocycles. The maximum atomic E-state index is 12.3. The average molecular weight is 276 g/mol. The number of benzene rings is 1. The van der Waals surface area contributed by atoms with E-state index in [9.17, 15) is 9.90 Å². The fourth-order valence-corrected chi connectivity index (χ4v) is 2.65. The second-order valence-corrected chi connectivity index (χ2v) is 5.98. The van der Waals surface area contributed by atoms with E-state index in [1.54, 1.807) is 0 Å². The number of aliphatic hydroxyl groups excluding tert-OH is 1. The molecule has 0 bridgehead atoms. The Kier molecular flexibility index (Phi) is 4.78. The van der Waals surface area contributed by atoms with Crippen LogP contribution in [-0.2, 0) is 4.79 Å². The zero-order valence-electron chi connectivity index (χ0n) is 12.3. The molecule has 2 unspecified atom stereocenters. The van der Waals surface area contributed by atoms with Crippen molar-refractivity contribution in [1.82, 2.24) is 10.6 Å². The average Bonchev–Trinajstić information content (AvgIpc) is 2.45. The number of nitrogens with one attached hydrogen (secondary N) is 2. The van der Waals surface area contributed by atoms with Gasteiger partial charge in [-0.15, -0.1) is 0 Å². The van der Waals surface area contributed by atoms with Crippen molar-refractivity contribution in [3.8, 4) is 0 Å². The molecule has 1 aromatic rings. The summed E-state index contributed by atoms with van der Waals surface area (Å²) in [6, 6.07) is 7.74. The predicted molar refractivity (Wildman–Crippen MR) is 79.4 cm³/mol. The van der Waals surface area contributed by atoms with Crippen molar-refractivity contribution in [2.24, 2.45) is 5.41 Å². The lowest BCUT2D eigenvalue weighted by Gasteiger charge is -2.33. The van der Waals surface area contributed by atoms with Crippen molar-refractivity contribution in [3.63, 3.8) is 0 Å². The predicted octanol–water partition coefficient (Wildman–Crippen LogP) is 1.53. The number of hydrogen-bond donors (Lipinski definition) is 3. The monoisotopic (exact) mass is 276 g/mol. The van der Waals surface area contributed by atoms with Gasteiger partial charge in [-0.3, -0.25) is 4.79 Å². The van der Waals surface area contributed by atoms with E-state index in [-0.39, 0.29) is 17.9 Å². The smallest absolute Gasteiger partial charge is 0.227 e. The van der Waals surface area contributed by atoms with Crippen LogP contribution >= 0.6 is 0 Å². The Bertz CT molecular complexity index is 467. The lowest BCUT2D eigenvalue weighted by Crippen LogP contribution is -2.49. The zero-order chi connectivity index (χ0) is 14.6. The molecule has 1 aliphatic rings. The van der Waals surface area contributed by atoms with Crippen LogP contribution in [0, 0.1) is 12.3 Å². The number of hydrogen-bond acceptors (Lipinski definition) is 3. The van der Waals surface area contributed by atoms with Gasteiger partial charge in [-0.25, -0.2) is 0 Å². The van der Waals surface area contributed by atoms with Gasteiger partial charge in [-0.2, -0.15) is 0 Å². The molecule has 0 spiro atoms. The van der Waals surface area contributed by atoms with Gasteiger partial charge in [0.15, 0.2) is 0 Å². The standard InChI is InChI=1S/C16H24N2O2/c1-12-5-3-6-13(9-12)14(19)10-18-15(20)16(2)7-4-8-17-11-16/h3,5-6,9,14,17,19H,4,7-8,10-11H2,1-2H3,(H,18,20). The van der Waals surface area contributed by atoms with Gasteiger partial charge in [0, 0.05) is 13.1 Å². The second-order valence-electron chi connectivity index (χ2n) is 5.98. The quantitative estimate of drug-likeness (QED) is 0.781. The summed E-state index contributed by atoms with van der Waals surface area (Å²) in [5, 5.41) is 16.3. The van der Waals surface area contributed by atoms with E-state index >= 15 is 0 Å². The zero-order valence-corrected chi connectivity index (χ0v) is 12.3. The molecule has 0 saturated carbocycles. The minimum absolute atomic E-state index is 0.0244. The first-order valence-electron chi connectivity index (χ1n) is 7.25. The van der Waals surface area contributed by atoms with Crippen molar-refractivity contribution in [2.75, 3.05) is 19.6 Å². The van der Waals surface area contributed by atoms with Gasteiger partial charge in [-0.1, -0.05) is 29.8 Å². The highest BCUT2D eigenvalue weighted by molar-refractivity contribution is 5.82. The molecule has 20 heavy (non-hydrogen) atoms. The molecule has 1 aromatic carbocycles. The maximum absolute atomic E-state index is 12.3. The van der Waals surface area contributed by atoms with E-state index in [4.69, 9.17) is 0 Å². The molecule has 3 N–H and O–H groups in total. The molecule has 1 fully saturated rings. The third-order valence-electron chi connectivity index (χ3n) is 4.03. The Hall–Kier alpha value is -1.39. The highest BCUT2D eigenvalue weighted by atomic mass is 16.3. The summed E-state index contributed by atoms with van der Waals surface area (Å²) >= 11 is 0. The molecule has 2 rings (SSSR count). The molecule has 110 valence electrons. The van der Waals surface area contributed by atoms with E-state index in [0.29, 0.717) is 6.54 Å². The van der Waals surface area contributed by atoms with E-state index in [1.807, 2.05) is 38.1 Å². The maximum Gasteiger partial charge on any atom is 0.227 e. The lowest BCUT2D eigenvalue weighted by molar-refractivity contribution is -0.131. The van der Waals surface area contributed by atoms with Crippen LogP contribution in [0.2, 0.25) is 0 Å². The summed E-state index contributed by atoms with van der Waals surface area (Å²) in [6.07, 6.45) is 1.26. The minimum Gasteiger partial charge on any atom is -0.387 e. The molecule has 0 radical (unpaired) electrons. The second kappa shape index (κ2) is 6.37. The summed E-state index contributed by atoms with van der Waals surface area (Å²) in [7, 11) is 0. The van der Waals surface area contributed by atoms with E-state index in [2.05, 4.69) is 10.6 Å². The van der Waals surface area contributed by atoms with Gasteiger partial charge in [0.1, 0.15) is 0 Å². The topological polar surface area (TPSA) is 61.4 Å². The van der Waals surface area contributed by atoms with E-state index < -0.39 is 6.10 Å². The number of aryl methyl sites for hydroxylation is 1. The van der Waals surface area contributed by atoms with Crippen molar-refractivity contribution in [3.05, 3.63) is 35.4 Å². The fraction of sp³-hybridized carbons (Fsp3) is 0.562. The minimum atomic E-state index is -0.654. The number of rotatable bonds is 4. The molecule has 0 aromatic heterocycles. The van der Waals surface area contributed by atoms with Crippen LogP contribution < -0.4 is 10.6 Å². The molecule has 1 heterocycles. The molecule has 4 nitrogen and oxygen atoms in total. The van der Waals surface area contributed by atoms with Gasteiger partial charge in [-0.05, 0) is 38.8 Å². The highest BCUT2D eigenvalue weighted by Gasteiger charge is 2.34. The Morgan fingerprint density at radius 2 is 2.35 bits per heavy atom. The molecule has 2 atom stereocenters. The van der Waals surface area contributed by atoms with E-state index in [0.717, 1.165) is 30.5 Å². The van der Waals surface area contributed by atoms with Gasteiger partial charge in [0.05, 0.1) is 11.5 Å². The Morgan fingerprint density at radius 1 is 1.55 bits per heavy atom. The van der Waals surface area contributed by atoms with Crippen LogP contribution in [0.5, 0.6) is 0 Å². The summed E-state index contributed by atoms with van der Waals surface area (Å²) in [4.78, 5) is 12.3. The van der Waals surface area contributed by atoms with Crippen LogP contribution in [0.1, 0.15) is 37.0 Å². The summed E-state index contributed by atoms with van der Waals surface area (Å²) in [5.74, 6) is 0.0244. The van der Waals surface area contributed by atoms with E-state index in [1.165, 1.54) is 0 Å². The molecular formula is C16H24N2O2. The van der Waals surface area contributed by atoms with Gasteiger partial charge >= 0.3 is 0 Å². The van der Waals surface area contributed by atoms with Crippen LogP contribution in [0.15, 0.2) is 24.3 Å². The Morgan fingerprint density at radius 3 is 3.00 bits per heavy atom. The molecule has 4 heteroatoms. The lowest BCUT2D eigenvalue weighted by atomic mass is 9.82. The van der Waals surface area contributed by atoms with Gasteiger partial charge in [0.25, 0.3) is 0 Å². The Balaban J connectivity index is 1.89. The van der Waals surface area contributed by atoms with Crippen LogP contribution in [-0.4, -0.2) is 30.6 Å². The first-order chi connectivity index (χ1) is 9.51. The van der Waals surface area contributed by atoms with Crippen molar-refractivity contribution in [2.45, 2.75) is 32.8 Å². The number of aliphatic hydroxyl groups is 1. The van der Waals surface area contributed by atoms with Gasteiger partial charge in [0.2, 0.25) is 5.91 Å². The third-order valence-corrected chi connectivity index (χ3v) is 4.03. The van der Waals surface area contributed by atoms with Crippen molar-refractivity contribution in [1.29, 1.82) is 0 Å². The highest BCUT2D eigenvalue weighted by Crippen LogP contribution is 2.25. The van der Waals surface area contributed by atoms with Crippen molar-refractivity contribution >= 4 is 5.91 Å². The Labute approximate surface area is 120 Å². The SMILES string of the molecule is Cc1cccc(C(O)CNC(=O)C2(C)CCCNC2)c1. The van der Waals surface area contributed by atoms with Crippen molar-refractivity contribution < 1.29 is 9.90 Å². The first kappa shape index (κ1) is 15.0. The number of piperidine rings is 1. The number of carbonyl (C=O) groups is 1. The number of amides is 1. The normalized spacial score (nSPS) is 24.1. The van der Waals surface area contributed by atoms with Crippen LogP contribution in [0.4, 0.5) is 0 Å². The first-order valence-corrected chi connectivity index (χ1v) is 7.25. The third kappa shape index (κ3) is 3.58. The molecule has 1 amide bonds. The van der Waals surface area contributed by atoms with Gasteiger partial charge < -0.3 is 15.7 Å². The molecule has 1 saturated heterocycles. The largest absolute Gasteiger partial charge is 0.387 e.